The Morgan fingerprint density at radius 1 is 1.33 bits per heavy atom. The van der Waals surface area contributed by atoms with Gasteiger partial charge in [-0.15, -0.1) is 0 Å². The van der Waals surface area contributed by atoms with Crippen molar-refractivity contribution in [2.24, 2.45) is 0 Å². The predicted octanol–water partition coefficient (Wildman–Crippen LogP) is 2.58. The smallest absolute Gasteiger partial charge is 0.147 e. The molecule has 118 valence electrons. The molecular weight excluding hydrogens is 296 g/mol. The summed E-state index contributed by atoms with van der Waals surface area (Å²) in [4.78, 5) is 2.14. The molecule has 1 fully saturated rings. The van der Waals surface area contributed by atoms with Gasteiger partial charge in [-0.2, -0.15) is 0 Å². The van der Waals surface area contributed by atoms with Gasteiger partial charge in [0.2, 0.25) is 0 Å². The maximum atomic E-state index is 13.8. The van der Waals surface area contributed by atoms with Crippen LogP contribution in [-0.4, -0.2) is 45.0 Å². The Kier molecular flexibility index (Phi) is 5.32. The number of piperidine rings is 1. The lowest BCUT2D eigenvalue weighted by Gasteiger charge is -2.33. The number of hydrogen-bond acceptors (Lipinski definition) is 3. The molecule has 0 spiro atoms. The molecule has 0 aromatic heterocycles. The molecule has 6 heteroatoms. The van der Waals surface area contributed by atoms with Crippen LogP contribution in [0, 0.1) is 11.6 Å². The van der Waals surface area contributed by atoms with Crippen molar-refractivity contribution in [1.29, 1.82) is 0 Å². The Morgan fingerprint density at radius 2 is 2.10 bits per heavy atom. The first kappa shape index (κ1) is 16.4. The molecule has 0 bridgehead atoms. The number of hydrogen-bond donors (Lipinski definition) is 0. The third-order valence-corrected chi connectivity index (χ3v) is 4.92. The lowest BCUT2D eigenvalue weighted by molar-refractivity contribution is 0.206. The monoisotopic (exact) mass is 317 g/mol. The minimum atomic E-state index is -2.94. The van der Waals surface area contributed by atoms with Crippen LogP contribution in [0.25, 0.3) is 0 Å². The predicted molar refractivity (Wildman–Crippen MR) is 79.1 cm³/mol. The second kappa shape index (κ2) is 6.83. The lowest BCUT2D eigenvalue weighted by atomic mass is 9.90. The Labute approximate surface area is 124 Å². The third-order valence-electron chi connectivity index (χ3n) is 3.89. The van der Waals surface area contributed by atoms with Gasteiger partial charge in [-0.1, -0.05) is 0 Å². The number of nitrogens with zero attached hydrogens (tertiary/aromatic N) is 1. The molecule has 1 unspecified atom stereocenters. The van der Waals surface area contributed by atoms with Crippen molar-refractivity contribution in [2.75, 3.05) is 31.6 Å². The van der Waals surface area contributed by atoms with Crippen LogP contribution in [0.15, 0.2) is 18.2 Å². The van der Waals surface area contributed by atoms with Gasteiger partial charge in [0.25, 0.3) is 0 Å². The molecule has 0 saturated carbocycles. The summed E-state index contributed by atoms with van der Waals surface area (Å²) < 4.78 is 49.4. The van der Waals surface area contributed by atoms with E-state index in [0.717, 1.165) is 25.5 Å². The normalized spacial score (nSPS) is 20.6. The van der Waals surface area contributed by atoms with E-state index in [0.29, 0.717) is 25.1 Å². The van der Waals surface area contributed by atoms with Crippen molar-refractivity contribution >= 4 is 9.84 Å². The highest BCUT2D eigenvalue weighted by Crippen LogP contribution is 2.29. The molecule has 0 amide bonds. The van der Waals surface area contributed by atoms with Crippen LogP contribution in [0.2, 0.25) is 0 Å². The van der Waals surface area contributed by atoms with Gasteiger partial charge in [0.1, 0.15) is 21.5 Å². The fourth-order valence-electron chi connectivity index (χ4n) is 2.89. The molecule has 1 atom stereocenters. The van der Waals surface area contributed by atoms with E-state index in [4.69, 9.17) is 0 Å². The Bertz CT molecular complexity index is 589. The third kappa shape index (κ3) is 5.04. The van der Waals surface area contributed by atoms with Crippen LogP contribution in [0.3, 0.4) is 0 Å². The number of benzene rings is 1. The van der Waals surface area contributed by atoms with Gasteiger partial charge in [-0.3, -0.25) is 0 Å². The summed E-state index contributed by atoms with van der Waals surface area (Å²) in [6, 6.07) is 3.58. The van der Waals surface area contributed by atoms with Crippen molar-refractivity contribution in [3.05, 3.63) is 35.4 Å². The molecule has 1 aromatic rings. The molecule has 3 nitrogen and oxygen atoms in total. The quantitative estimate of drug-likeness (QED) is 0.838. The first-order valence-corrected chi connectivity index (χ1v) is 9.26. The molecule has 1 heterocycles. The van der Waals surface area contributed by atoms with Gasteiger partial charge < -0.3 is 4.90 Å². The second-order valence-electron chi connectivity index (χ2n) is 5.79. The summed E-state index contributed by atoms with van der Waals surface area (Å²) in [5, 5.41) is 0. The van der Waals surface area contributed by atoms with E-state index in [1.165, 1.54) is 18.4 Å². The summed E-state index contributed by atoms with van der Waals surface area (Å²) in [7, 11) is -2.94. The van der Waals surface area contributed by atoms with Crippen molar-refractivity contribution in [2.45, 2.75) is 25.2 Å². The molecule has 0 radical (unpaired) electrons. The van der Waals surface area contributed by atoms with Crippen LogP contribution in [0.5, 0.6) is 0 Å². The van der Waals surface area contributed by atoms with Crippen molar-refractivity contribution in [1.82, 2.24) is 4.90 Å². The first-order chi connectivity index (χ1) is 9.85. The van der Waals surface area contributed by atoms with E-state index < -0.39 is 15.7 Å². The molecule has 1 aliphatic heterocycles. The van der Waals surface area contributed by atoms with Crippen molar-refractivity contribution in [3.8, 4) is 0 Å². The van der Waals surface area contributed by atoms with Gasteiger partial charge >= 0.3 is 0 Å². The fourth-order valence-corrected chi connectivity index (χ4v) is 3.54. The van der Waals surface area contributed by atoms with Crippen LogP contribution >= 0.6 is 0 Å². The van der Waals surface area contributed by atoms with Crippen molar-refractivity contribution < 1.29 is 17.2 Å². The van der Waals surface area contributed by atoms with E-state index in [1.54, 1.807) is 0 Å². The second-order valence-corrected chi connectivity index (χ2v) is 8.05. The van der Waals surface area contributed by atoms with Gasteiger partial charge in [0.05, 0.1) is 5.75 Å². The van der Waals surface area contributed by atoms with Crippen LogP contribution in [0.4, 0.5) is 8.78 Å². The standard InChI is InChI=1S/C15H21F2NO2S/c1-21(19,20)9-3-8-18-7-2-4-12(11-18)14-10-13(16)5-6-15(14)17/h5-6,10,12H,2-4,7-9,11H2,1H3. The molecule has 1 aromatic carbocycles. The summed E-state index contributed by atoms with van der Waals surface area (Å²) in [6.07, 6.45) is 3.56. The van der Waals surface area contributed by atoms with Gasteiger partial charge in [0, 0.05) is 12.8 Å². The molecule has 0 N–H and O–H groups in total. The Morgan fingerprint density at radius 3 is 2.81 bits per heavy atom. The van der Waals surface area contributed by atoms with Crippen molar-refractivity contribution in [3.63, 3.8) is 0 Å². The van der Waals surface area contributed by atoms with Gasteiger partial charge in [-0.25, -0.2) is 17.2 Å². The summed E-state index contributed by atoms with van der Waals surface area (Å²) in [6.45, 7) is 2.22. The Hall–Kier alpha value is -1.01. The summed E-state index contributed by atoms with van der Waals surface area (Å²) >= 11 is 0. The molecular formula is C15H21F2NO2S. The molecule has 21 heavy (non-hydrogen) atoms. The zero-order valence-electron chi connectivity index (χ0n) is 12.2. The van der Waals surface area contributed by atoms with E-state index in [-0.39, 0.29) is 17.5 Å². The van der Waals surface area contributed by atoms with Crippen LogP contribution in [0.1, 0.15) is 30.7 Å². The van der Waals surface area contributed by atoms with Gasteiger partial charge in [0.15, 0.2) is 0 Å². The molecule has 1 saturated heterocycles. The maximum absolute atomic E-state index is 13.8. The zero-order valence-corrected chi connectivity index (χ0v) is 13.0. The van der Waals surface area contributed by atoms with E-state index in [1.807, 2.05) is 0 Å². The largest absolute Gasteiger partial charge is 0.303 e. The minimum absolute atomic E-state index is 0.0207. The zero-order chi connectivity index (χ0) is 15.5. The lowest BCUT2D eigenvalue weighted by Crippen LogP contribution is -2.36. The first-order valence-electron chi connectivity index (χ1n) is 7.20. The maximum Gasteiger partial charge on any atom is 0.147 e. The summed E-state index contributed by atoms with van der Waals surface area (Å²) in [5.41, 5.74) is 0.433. The SMILES string of the molecule is CS(=O)(=O)CCCN1CCCC(c2cc(F)ccc2F)C1. The highest BCUT2D eigenvalue weighted by Gasteiger charge is 2.23. The van der Waals surface area contributed by atoms with E-state index in [2.05, 4.69) is 4.90 Å². The minimum Gasteiger partial charge on any atom is -0.303 e. The topological polar surface area (TPSA) is 37.4 Å². The number of likely N-dealkylation sites (tertiary alicyclic amines) is 1. The average Bonchev–Trinajstić information content (AvgIpc) is 2.40. The molecule has 2 rings (SSSR count). The number of rotatable bonds is 5. The summed E-state index contributed by atoms with van der Waals surface area (Å²) in [5.74, 6) is -0.629. The number of halogens is 2. The van der Waals surface area contributed by atoms with E-state index >= 15 is 0 Å². The van der Waals surface area contributed by atoms with Crippen LogP contribution in [-0.2, 0) is 9.84 Å². The van der Waals surface area contributed by atoms with E-state index in [9.17, 15) is 17.2 Å². The van der Waals surface area contributed by atoms with Crippen LogP contribution < -0.4 is 0 Å². The van der Waals surface area contributed by atoms with Gasteiger partial charge in [-0.05, 0) is 62.0 Å². The highest BCUT2D eigenvalue weighted by molar-refractivity contribution is 7.90. The average molecular weight is 317 g/mol. The molecule has 1 aliphatic rings. The Balaban J connectivity index is 1.96. The number of sulfone groups is 1. The fraction of sp³-hybridized carbons (Fsp3) is 0.600. The highest BCUT2D eigenvalue weighted by atomic mass is 32.2. The molecule has 0 aliphatic carbocycles.